The summed E-state index contributed by atoms with van der Waals surface area (Å²) >= 11 is 0. The third-order valence-electron chi connectivity index (χ3n) is 2.60. The molecule has 0 saturated carbocycles. The first-order valence-electron chi connectivity index (χ1n) is 7.16. The molecular formula is C16H22N2O5. The second-order valence-electron chi connectivity index (χ2n) is 5.96. The van der Waals surface area contributed by atoms with Crippen LogP contribution in [0.15, 0.2) is 30.3 Å². The van der Waals surface area contributed by atoms with Gasteiger partial charge in [0.15, 0.2) is 0 Å². The summed E-state index contributed by atoms with van der Waals surface area (Å²) in [5.41, 5.74) is 5.16. The standard InChI is InChI=1S/C16H22N2O5/c1-16(2,3)23-15(21)18-12(9-13(17)19)14(20)22-10-11-7-5-4-6-8-11/h4-8,12H,9-10H2,1-3H3,(H2,17,19)(H,18,21). The van der Waals surface area contributed by atoms with Gasteiger partial charge < -0.3 is 20.5 Å². The normalized spacial score (nSPS) is 12.1. The summed E-state index contributed by atoms with van der Waals surface area (Å²) in [6, 6.07) is 7.85. The van der Waals surface area contributed by atoms with Gasteiger partial charge >= 0.3 is 12.1 Å². The maximum atomic E-state index is 12.1. The molecule has 0 radical (unpaired) electrons. The molecule has 1 aromatic rings. The van der Waals surface area contributed by atoms with Crippen molar-refractivity contribution >= 4 is 18.0 Å². The van der Waals surface area contributed by atoms with Crippen LogP contribution in [0.4, 0.5) is 4.79 Å². The summed E-state index contributed by atoms with van der Waals surface area (Å²) in [6.07, 6.45) is -1.19. The van der Waals surface area contributed by atoms with Crippen LogP contribution in [-0.4, -0.2) is 29.6 Å². The van der Waals surface area contributed by atoms with Gasteiger partial charge in [-0.2, -0.15) is 0 Å². The molecule has 0 spiro atoms. The highest BCUT2D eigenvalue weighted by Gasteiger charge is 2.27. The molecule has 0 fully saturated rings. The fraction of sp³-hybridized carbons (Fsp3) is 0.438. The third-order valence-corrected chi connectivity index (χ3v) is 2.60. The van der Waals surface area contributed by atoms with Crippen LogP contribution in [-0.2, 0) is 25.7 Å². The SMILES string of the molecule is CC(C)(C)OC(=O)NC(CC(N)=O)C(=O)OCc1ccccc1. The van der Waals surface area contributed by atoms with Crippen LogP contribution in [0.1, 0.15) is 32.8 Å². The van der Waals surface area contributed by atoms with Gasteiger partial charge in [0.25, 0.3) is 0 Å². The Balaban J connectivity index is 2.63. The van der Waals surface area contributed by atoms with Gasteiger partial charge in [-0.1, -0.05) is 30.3 Å². The van der Waals surface area contributed by atoms with Crippen molar-refractivity contribution in [2.75, 3.05) is 0 Å². The van der Waals surface area contributed by atoms with Gasteiger partial charge in [-0.05, 0) is 26.3 Å². The van der Waals surface area contributed by atoms with Crippen LogP contribution in [0.25, 0.3) is 0 Å². The molecule has 0 aliphatic carbocycles. The lowest BCUT2D eigenvalue weighted by Gasteiger charge is -2.22. The molecule has 1 aromatic carbocycles. The highest BCUT2D eigenvalue weighted by molar-refractivity contribution is 5.87. The maximum Gasteiger partial charge on any atom is 0.408 e. The average molecular weight is 322 g/mol. The third kappa shape index (κ3) is 7.85. The molecular weight excluding hydrogens is 300 g/mol. The predicted octanol–water partition coefficient (Wildman–Crippen LogP) is 1.50. The number of benzene rings is 1. The monoisotopic (exact) mass is 322 g/mol. The van der Waals surface area contributed by atoms with Crippen LogP contribution >= 0.6 is 0 Å². The van der Waals surface area contributed by atoms with Crippen LogP contribution in [0.3, 0.4) is 0 Å². The molecule has 7 heteroatoms. The molecule has 1 unspecified atom stereocenters. The highest BCUT2D eigenvalue weighted by Crippen LogP contribution is 2.08. The molecule has 0 saturated heterocycles. The summed E-state index contributed by atoms with van der Waals surface area (Å²) in [4.78, 5) is 34.9. The van der Waals surface area contributed by atoms with E-state index < -0.39 is 29.6 Å². The lowest BCUT2D eigenvalue weighted by molar-refractivity contribution is -0.148. The van der Waals surface area contributed by atoms with E-state index >= 15 is 0 Å². The van der Waals surface area contributed by atoms with Crippen LogP contribution in [0.5, 0.6) is 0 Å². The molecule has 7 nitrogen and oxygen atoms in total. The number of hydrogen-bond acceptors (Lipinski definition) is 5. The predicted molar refractivity (Wildman–Crippen MR) is 83.2 cm³/mol. The number of alkyl carbamates (subject to hydrolysis) is 1. The first-order valence-corrected chi connectivity index (χ1v) is 7.16. The minimum atomic E-state index is -1.19. The zero-order valence-electron chi connectivity index (χ0n) is 13.5. The number of nitrogens with two attached hydrogens (primary N) is 1. The van der Waals surface area contributed by atoms with E-state index in [1.54, 1.807) is 32.9 Å². The second kappa shape index (κ2) is 8.17. The second-order valence-corrected chi connectivity index (χ2v) is 5.96. The zero-order valence-corrected chi connectivity index (χ0v) is 13.5. The van der Waals surface area contributed by atoms with Crippen molar-refractivity contribution in [2.24, 2.45) is 5.73 Å². The van der Waals surface area contributed by atoms with E-state index in [0.717, 1.165) is 5.56 Å². The number of hydrogen-bond donors (Lipinski definition) is 2. The molecule has 2 amide bonds. The minimum absolute atomic E-state index is 0.0327. The number of carbonyl (C=O) groups excluding carboxylic acids is 3. The quantitative estimate of drug-likeness (QED) is 0.772. The minimum Gasteiger partial charge on any atom is -0.459 e. The van der Waals surface area contributed by atoms with E-state index in [1.807, 2.05) is 18.2 Å². The number of primary amides is 1. The Kier molecular flexibility index (Phi) is 6.56. The van der Waals surface area contributed by atoms with E-state index in [4.69, 9.17) is 15.2 Å². The Bertz CT molecular complexity index is 551. The van der Waals surface area contributed by atoms with Crippen LogP contribution in [0.2, 0.25) is 0 Å². The zero-order chi connectivity index (χ0) is 17.5. The van der Waals surface area contributed by atoms with Gasteiger partial charge in [-0.25, -0.2) is 9.59 Å². The fourth-order valence-corrected chi connectivity index (χ4v) is 1.67. The summed E-state index contributed by atoms with van der Waals surface area (Å²) in [7, 11) is 0. The van der Waals surface area contributed by atoms with Crippen molar-refractivity contribution in [1.82, 2.24) is 5.32 Å². The van der Waals surface area contributed by atoms with Gasteiger partial charge in [0.2, 0.25) is 5.91 Å². The Hall–Kier alpha value is -2.57. The molecule has 1 atom stereocenters. The molecule has 126 valence electrons. The number of esters is 1. The van der Waals surface area contributed by atoms with E-state index in [1.165, 1.54) is 0 Å². The smallest absolute Gasteiger partial charge is 0.408 e. The van der Waals surface area contributed by atoms with Crippen molar-refractivity contribution in [2.45, 2.75) is 45.4 Å². The first kappa shape index (κ1) is 18.5. The van der Waals surface area contributed by atoms with Gasteiger partial charge in [0.05, 0.1) is 6.42 Å². The van der Waals surface area contributed by atoms with Gasteiger partial charge in [-0.3, -0.25) is 4.79 Å². The lowest BCUT2D eigenvalue weighted by Crippen LogP contribution is -2.46. The number of carbonyl (C=O) groups is 3. The summed E-state index contributed by atoms with van der Waals surface area (Å²) in [6.45, 7) is 5.08. The largest absolute Gasteiger partial charge is 0.459 e. The van der Waals surface area contributed by atoms with E-state index in [0.29, 0.717) is 0 Å². The Morgan fingerprint density at radius 2 is 1.78 bits per heavy atom. The van der Waals surface area contributed by atoms with Crippen LogP contribution in [0, 0.1) is 0 Å². The summed E-state index contributed by atoms with van der Waals surface area (Å²) < 4.78 is 10.2. The van der Waals surface area contributed by atoms with Gasteiger partial charge in [0.1, 0.15) is 18.2 Å². The molecule has 0 aliphatic rings. The van der Waals surface area contributed by atoms with E-state index in [9.17, 15) is 14.4 Å². The summed E-state index contributed by atoms with van der Waals surface area (Å²) in [5.74, 6) is -1.48. The molecule has 0 heterocycles. The van der Waals surface area contributed by atoms with E-state index in [-0.39, 0.29) is 13.0 Å². The van der Waals surface area contributed by atoms with Gasteiger partial charge in [-0.15, -0.1) is 0 Å². The topological polar surface area (TPSA) is 108 Å². The fourth-order valence-electron chi connectivity index (χ4n) is 1.67. The number of nitrogens with one attached hydrogen (secondary N) is 1. The maximum absolute atomic E-state index is 12.1. The van der Waals surface area contributed by atoms with Crippen molar-refractivity contribution < 1.29 is 23.9 Å². The molecule has 1 rings (SSSR count). The Morgan fingerprint density at radius 3 is 2.30 bits per heavy atom. The molecule has 3 N–H and O–H groups in total. The number of amides is 2. The van der Waals surface area contributed by atoms with Crippen molar-refractivity contribution in [1.29, 1.82) is 0 Å². The lowest BCUT2D eigenvalue weighted by atomic mass is 10.2. The van der Waals surface area contributed by atoms with Crippen molar-refractivity contribution in [3.8, 4) is 0 Å². The Labute approximate surface area is 135 Å². The number of ether oxygens (including phenoxy) is 2. The Morgan fingerprint density at radius 1 is 1.17 bits per heavy atom. The summed E-state index contributed by atoms with van der Waals surface area (Å²) in [5, 5.41) is 2.30. The molecule has 0 aliphatic heterocycles. The van der Waals surface area contributed by atoms with E-state index in [2.05, 4.69) is 5.32 Å². The average Bonchev–Trinajstić information content (AvgIpc) is 2.42. The number of rotatable bonds is 6. The van der Waals surface area contributed by atoms with Crippen molar-refractivity contribution in [3.05, 3.63) is 35.9 Å². The molecule has 23 heavy (non-hydrogen) atoms. The van der Waals surface area contributed by atoms with Gasteiger partial charge in [0, 0.05) is 0 Å². The molecule has 0 aromatic heterocycles. The first-order chi connectivity index (χ1) is 10.7. The highest BCUT2D eigenvalue weighted by atomic mass is 16.6. The van der Waals surface area contributed by atoms with Crippen molar-refractivity contribution in [3.63, 3.8) is 0 Å². The molecule has 0 bridgehead atoms. The van der Waals surface area contributed by atoms with Crippen LogP contribution < -0.4 is 11.1 Å².